The number of aromatic nitrogens is 1. The molecule has 1 aromatic heterocycles. The summed E-state index contributed by atoms with van der Waals surface area (Å²) in [5.41, 5.74) is 12.4. The molecule has 0 aliphatic heterocycles. The molecule has 0 saturated heterocycles. The molecular weight excluding hydrogens is 579 g/mol. The number of hydrogen-bond acceptors (Lipinski definition) is 0. The molecule has 9 aromatic rings. The van der Waals surface area contributed by atoms with Crippen molar-refractivity contribution in [3.63, 3.8) is 0 Å². The summed E-state index contributed by atoms with van der Waals surface area (Å²) in [4.78, 5) is 0. The molecule has 9 rings (SSSR count). The van der Waals surface area contributed by atoms with Crippen molar-refractivity contribution < 1.29 is 0 Å². The van der Waals surface area contributed by atoms with Crippen molar-refractivity contribution in [3.05, 3.63) is 211 Å². The second kappa shape index (κ2) is 11.9. The number of para-hydroxylation sites is 2. The molecule has 0 bridgehead atoms. The molecule has 226 valence electrons. The SMILES string of the molecule is c1ccc(-c2ccc(C(c3ccc(-c4ccc(-n5c6ccccc6c6ccccc65)cc4)cc3)c3ccc4ccccc4c3)cc2)cc1. The summed E-state index contributed by atoms with van der Waals surface area (Å²) in [7, 11) is 0. The van der Waals surface area contributed by atoms with Gasteiger partial charge < -0.3 is 4.57 Å². The van der Waals surface area contributed by atoms with Crippen LogP contribution in [0.1, 0.15) is 22.6 Å². The van der Waals surface area contributed by atoms with Crippen LogP contribution >= 0.6 is 0 Å². The van der Waals surface area contributed by atoms with E-state index in [4.69, 9.17) is 0 Å². The molecule has 1 heteroatoms. The Balaban J connectivity index is 1.07. The third-order valence-corrected chi connectivity index (χ3v) is 9.74. The maximum atomic E-state index is 2.37. The first-order valence-corrected chi connectivity index (χ1v) is 16.6. The highest BCUT2D eigenvalue weighted by molar-refractivity contribution is 6.09. The van der Waals surface area contributed by atoms with Gasteiger partial charge in [0.25, 0.3) is 0 Å². The summed E-state index contributed by atoms with van der Waals surface area (Å²) in [6.07, 6.45) is 0. The summed E-state index contributed by atoms with van der Waals surface area (Å²) in [5, 5.41) is 5.09. The molecule has 1 atom stereocenters. The van der Waals surface area contributed by atoms with Crippen molar-refractivity contribution in [1.82, 2.24) is 4.57 Å². The fourth-order valence-electron chi connectivity index (χ4n) is 7.34. The summed E-state index contributed by atoms with van der Waals surface area (Å²) in [6, 6.07) is 70.7. The molecule has 48 heavy (non-hydrogen) atoms. The summed E-state index contributed by atoms with van der Waals surface area (Å²) in [6.45, 7) is 0. The van der Waals surface area contributed by atoms with Gasteiger partial charge in [0.2, 0.25) is 0 Å². The van der Waals surface area contributed by atoms with Gasteiger partial charge in [-0.3, -0.25) is 0 Å². The van der Waals surface area contributed by atoms with Gasteiger partial charge in [-0.15, -0.1) is 0 Å². The van der Waals surface area contributed by atoms with Crippen molar-refractivity contribution in [3.8, 4) is 27.9 Å². The number of hydrogen-bond donors (Lipinski definition) is 0. The van der Waals surface area contributed by atoms with Gasteiger partial charge in [0.1, 0.15) is 0 Å². The molecule has 0 spiro atoms. The predicted molar refractivity (Wildman–Crippen MR) is 203 cm³/mol. The Labute approximate surface area is 281 Å². The normalized spacial score (nSPS) is 12.1. The standard InChI is InChI=1S/C47H33N/c1-2-10-33(11-3-1)35-18-23-38(24-19-35)47(41-27-22-34-12-4-5-13-40(34)32-41)39-25-20-36(21-26-39)37-28-30-42(31-29-37)48-45-16-8-6-14-43(45)44-15-7-9-17-46(44)48/h1-32,47H. The lowest BCUT2D eigenvalue weighted by atomic mass is 9.83. The van der Waals surface area contributed by atoms with E-state index >= 15 is 0 Å². The molecule has 1 unspecified atom stereocenters. The summed E-state index contributed by atoms with van der Waals surface area (Å²) < 4.78 is 2.37. The van der Waals surface area contributed by atoms with Gasteiger partial charge in [0.05, 0.1) is 11.0 Å². The van der Waals surface area contributed by atoms with Crippen LogP contribution in [0.25, 0.3) is 60.5 Å². The van der Waals surface area contributed by atoms with Crippen molar-refractivity contribution >= 4 is 32.6 Å². The van der Waals surface area contributed by atoms with E-state index in [2.05, 4.69) is 199 Å². The maximum Gasteiger partial charge on any atom is 0.0541 e. The van der Waals surface area contributed by atoms with Crippen LogP contribution < -0.4 is 0 Å². The zero-order valence-electron chi connectivity index (χ0n) is 26.5. The average Bonchev–Trinajstić information content (AvgIpc) is 3.50. The van der Waals surface area contributed by atoms with Gasteiger partial charge in [-0.05, 0) is 74.0 Å². The molecule has 0 aliphatic rings. The molecule has 0 N–H and O–H groups in total. The van der Waals surface area contributed by atoms with Crippen LogP contribution in [-0.2, 0) is 0 Å². The zero-order chi connectivity index (χ0) is 31.9. The number of fused-ring (bicyclic) bond motifs is 4. The third-order valence-electron chi connectivity index (χ3n) is 9.74. The Morgan fingerprint density at radius 1 is 0.312 bits per heavy atom. The third kappa shape index (κ3) is 4.98. The van der Waals surface area contributed by atoms with Crippen molar-refractivity contribution in [2.24, 2.45) is 0 Å². The van der Waals surface area contributed by atoms with E-state index < -0.39 is 0 Å². The lowest BCUT2D eigenvalue weighted by molar-refractivity contribution is 0.981. The minimum absolute atomic E-state index is 0.117. The molecule has 1 nitrogen and oxygen atoms in total. The summed E-state index contributed by atoms with van der Waals surface area (Å²) >= 11 is 0. The number of nitrogens with zero attached hydrogens (tertiary/aromatic N) is 1. The minimum Gasteiger partial charge on any atom is -0.309 e. The molecule has 0 saturated carbocycles. The van der Waals surface area contributed by atoms with E-state index in [1.54, 1.807) is 0 Å². The second-order valence-electron chi connectivity index (χ2n) is 12.6. The van der Waals surface area contributed by atoms with Crippen molar-refractivity contribution in [2.75, 3.05) is 0 Å². The molecular formula is C47H33N. The Kier molecular flexibility index (Phi) is 6.95. The number of benzene rings is 8. The Morgan fingerprint density at radius 2 is 0.750 bits per heavy atom. The first-order valence-electron chi connectivity index (χ1n) is 16.6. The van der Waals surface area contributed by atoms with Crippen molar-refractivity contribution in [2.45, 2.75) is 5.92 Å². The van der Waals surface area contributed by atoms with Crippen LogP contribution in [0.5, 0.6) is 0 Å². The lowest BCUT2D eigenvalue weighted by Gasteiger charge is -2.20. The largest absolute Gasteiger partial charge is 0.309 e. The van der Waals surface area contributed by atoms with Gasteiger partial charge in [0, 0.05) is 22.4 Å². The molecule has 8 aromatic carbocycles. The molecule has 0 fully saturated rings. The lowest BCUT2D eigenvalue weighted by Crippen LogP contribution is -2.03. The quantitative estimate of drug-likeness (QED) is 0.165. The number of rotatable bonds is 6. The van der Waals surface area contributed by atoms with Crippen LogP contribution in [0.3, 0.4) is 0 Å². The van der Waals surface area contributed by atoms with Gasteiger partial charge >= 0.3 is 0 Å². The van der Waals surface area contributed by atoms with Crippen molar-refractivity contribution in [1.29, 1.82) is 0 Å². The fraction of sp³-hybridized carbons (Fsp3) is 0.0213. The van der Waals surface area contributed by atoms with Gasteiger partial charge in [-0.25, -0.2) is 0 Å². The van der Waals surface area contributed by atoms with E-state index in [1.807, 2.05) is 0 Å². The van der Waals surface area contributed by atoms with E-state index in [0.29, 0.717) is 0 Å². The van der Waals surface area contributed by atoms with E-state index in [-0.39, 0.29) is 5.92 Å². The van der Waals surface area contributed by atoms with Crippen LogP contribution in [0.4, 0.5) is 0 Å². The Bertz CT molecular complexity index is 2470. The highest BCUT2D eigenvalue weighted by Crippen LogP contribution is 2.37. The van der Waals surface area contributed by atoms with E-state index in [1.165, 1.54) is 77.2 Å². The highest BCUT2D eigenvalue weighted by Gasteiger charge is 2.18. The maximum absolute atomic E-state index is 2.37. The van der Waals surface area contributed by atoms with E-state index in [0.717, 1.165) is 0 Å². The first kappa shape index (κ1) is 28.1. The minimum atomic E-state index is 0.117. The van der Waals surface area contributed by atoms with Crippen LogP contribution in [0.2, 0.25) is 0 Å². The topological polar surface area (TPSA) is 4.93 Å². The zero-order valence-corrected chi connectivity index (χ0v) is 26.5. The van der Waals surface area contributed by atoms with Gasteiger partial charge in [-0.1, -0.05) is 170 Å². The Morgan fingerprint density at radius 3 is 1.33 bits per heavy atom. The molecule has 1 heterocycles. The van der Waals surface area contributed by atoms with Crippen LogP contribution in [0, 0.1) is 0 Å². The predicted octanol–water partition coefficient (Wildman–Crippen LogP) is 12.5. The second-order valence-corrected chi connectivity index (χ2v) is 12.6. The molecule has 0 aliphatic carbocycles. The highest BCUT2D eigenvalue weighted by atomic mass is 15.0. The fourth-order valence-corrected chi connectivity index (χ4v) is 7.34. The van der Waals surface area contributed by atoms with Gasteiger partial charge in [-0.2, -0.15) is 0 Å². The molecule has 0 amide bonds. The van der Waals surface area contributed by atoms with Gasteiger partial charge in [0.15, 0.2) is 0 Å². The monoisotopic (exact) mass is 611 g/mol. The molecule has 0 radical (unpaired) electrons. The first-order chi connectivity index (χ1) is 23.8. The van der Waals surface area contributed by atoms with Crippen LogP contribution in [0.15, 0.2) is 194 Å². The smallest absolute Gasteiger partial charge is 0.0541 e. The van der Waals surface area contributed by atoms with E-state index in [9.17, 15) is 0 Å². The average molecular weight is 612 g/mol. The van der Waals surface area contributed by atoms with Crippen LogP contribution in [-0.4, -0.2) is 4.57 Å². The summed E-state index contributed by atoms with van der Waals surface area (Å²) in [5.74, 6) is 0.117. The Hall–Kier alpha value is -6.18.